The van der Waals surface area contributed by atoms with E-state index in [1.807, 2.05) is 30.3 Å². The number of carbonyl (C=O) groups excluding carboxylic acids is 2. The number of hydrogen-bond donors (Lipinski definition) is 1. The van der Waals surface area contributed by atoms with Crippen LogP contribution in [0.3, 0.4) is 0 Å². The van der Waals surface area contributed by atoms with Gasteiger partial charge in [-0.25, -0.2) is 9.18 Å². The molecule has 0 bridgehead atoms. The number of esters is 1. The van der Waals surface area contributed by atoms with Crippen molar-refractivity contribution in [2.75, 3.05) is 6.61 Å². The van der Waals surface area contributed by atoms with Gasteiger partial charge in [-0.3, -0.25) is 4.79 Å². The lowest BCUT2D eigenvalue weighted by Gasteiger charge is -2.23. The molecule has 1 amide bonds. The molecule has 1 N–H and O–H groups in total. The van der Waals surface area contributed by atoms with Crippen LogP contribution in [-0.4, -0.2) is 30.3 Å². The number of amides is 1. The van der Waals surface area contributed by atoms with Gasteiger partial charge in [0.25, 0.3) is 0 Å². The van der Waals surface area contributed by atoms with Crippen LogP contribution in [0.25, 0.3) is 0 Å². The largest absolute Gasteiger partial charge is 0.466 e. The Morgan fingerprint density at radius 2 is 1.88 bits per heavy atom. The molecule has 0 aliphatic rings. The maximum atomic E-state index is 14.5. The lowest BCUT2D eigenvalue weighted by Crippen LogP contribution is -2.40. The summed E-state index contributed by atoms with van der Waals surface area (Å²) in [6, 6.07) is 8.27. The Kier molecular flexibility index (Phi) is 8.11. The molecule has 0 spiro atoms. The van der Waals surface area contributed by atoms with Crippen LogP contribution in [0.4, 0.5) is 9.18 Å². The Hall–Kier alpha value is -2.37. The molecule has 0 saturated heterocycles. The van der Waals surface area contributed by atoms with Gasteiger partial charge in [0, 0.05) is 0 Å². The fourth-order valence-corrected chi connectivity index (χ4v) is 2.06. The average Bonchev–Trinajstić information content (AvgIpc) is 2.51. The monoisotopic (exact) mass is 351 g/mol. The van der Waals surface area contributed by atoms with Crippen LogP contribution in [0.1, 0.15) is 39.7 Å². The first-order valence-electron chi connectivity index (χ1n) is 8.26. The van der Waals surface area contributed by atoms with Crippen LogP contribution < -0.4 is 5.32 Å². The van der Waals surface area contributed by atoms with E-state index in [-0.39, 0.29) is 19.4 Å². The molecule has 1 aromatic carbocycles. The molecule has 138 valence electrons. The summed E-state index contributed by atoms with van der Waals surface area (Å²) >= 11 is 0. The van der Waals surface area contributed by atoms with Crippen LogP contribution in [0, 0.1) is 0 Å². The van der Waals surface area contributed by atoms with Crippen LogP contribution in [0.5, 0.6) is 0 Å². The maximum absolute atomic E-state index is 14.5. The highest BCUT2D eigenvalue weighted by Crippen LogP contribution is 2.14. The highest BCUT2D eigenvalue weighted by atomic mass is 19.1. The minimum Gasteiger partial charge on any atom is -0.466 e. The van der Waals surface area contributed by atoms with E-state index in [4.69, 9.17) is 9.47 Å². The molecule has 1 aromatic rings. The van der Waals surface area contributed by atoms with Crippen molar-refractivity contribution in [2.45, 2.75) is 52.2 Å². The zero-order valence-electron chi connectivity index (χ0n) is 15.2. The van der Waals surface area contributed by atoms with E-state index in [0.29, 0.717) is 0 Å². The van der Waals surface area contributed by atoms with E-state index < -0.39 is 29.5 Å². The fourth-order valence-electron chi connectivity index (χ4n) is 2.06. The van der Waals surface area contributed by atoms with Gasteiger partial charge < -0.3 is 14.8 Å². The highest BCUT2D eigenvalue weighted by molar-refractivity contribution is 5.71. The van der Waals surface area contributed by atoms with Gasteiger partial charge in [-0.15, -0.1) is 0 Å². The van der Waals surface area contributed by atoms with Crippen molar-refractivity contribution in [3.63, 3.8) is 0 Å². The Morgan fingerprint density at radius 3 is 2.44 bits per heavy atom. The minimum atomic E-state index is -0.924. The number of ether oxygens (including phenoxy) is 2. The summed E-state index contributed by atoms with van der Waals surface area (Å²) in [7, 11) is 0. The summed E-state index contributed by atoms with van der Waals surface area (Å²) in [6.45, 7) is 7.10. The first kappa shape index (κ1) is 20.7. The predicted molar refractivity (Wildman–Crippen MR) is 93.7 cm³/mol. The number of nitrogens with one attached hydrogen (secondary N) is 1. The lowest BCUT2D eigenvalue weighted by molar-refractivity contribution is -0.142. The number of benzene rings is 1. The van der Waals surface area contributed by atoms with Crippen molar-refractivity contribution in [3.8, 4) is 0 Å². The topological polar surface area (TPSA) is 64.6 Å². The summed E-state index contributed by atoms with van der Waals surface area (Å²) in [5.41, 5.74) is 0.162. The fraction of sp³-hybridized carbons (Fsp3) is 0.474. The Morgan fingerprint density at radius 1 is 1.24 bits per heavy atom. The molecule has 0 fully saturated rings. The standard InChI is InChI=1S/C19H26FNO4/c1-5-24-17(22)12-11-15(20)16(13-14-9-7-6-8-10-14)21-18(23)25-19(2,3)4/h6-11,16H,5,12-13H2,1-4H3,(H,21,23)/b15-11-. The molecule has 25 heavy (non-hydrogen) atoms. The summed E-state index contributed by atoms with van der Waals surface area (Å²) in [5.74, 6) is -1.13. The summed E-state index contributed by atoms with van der Waals surface area (Å²) in [5, 5.41) is 2.52. The molecule has 0 radical (unpaired) electrons. The number of hydrogen-bond acceptors (Lipinski definition) is 4. The van der Waals surface area contributed by atoms with Gasteiger partial charge in [0.1, 0.15) is 11.4 Å². The quantitative estimate of drug-likeness (QED) is 0.756. The molecule has 1 unspecified atom stereocenters. The number of alkyl carbamates (subject to hydrolysis) is 1. The lowest BCUT2D eigenvalue weighted by atomic mass is 10.0. The van der Waals surface area contributed by atoms with Crippen molar-refractivity contribution in [2.24, 2.45) is 0 Å². The molecule has 6 heteroatoms. The molecule has 1 atom stereocenters. The van der Waals surface area contributed by atoms with Gasteiger partial charge in [-0.05, 0) is 45.8 Å². The van der Waals surface area contributed by atoms with E-state index in [9.17, 15) is 14.0 Å². The van der Waals surface area contributed by atoms with Crippen LogP contribution in [0.2, 0.25) is 0 Å². The number of halogens is 1. The minimum absolute atomic E-state index is 0.193. The van der Waals surface area contributed by atoms with Crippen molar-refractivity contribution >= 4 is 12.1 Å². The van der Waals surface area contributed by atoms with Crippen molar-refractivity contribution < 1.29 is 23.5 Å². The van der Waals surface area contributed by atoms with E-state index >= 15 is 0 Å². The first-order chi connectivity index (χ1) is 11.7. The predicted octanol–water partition coefficient (Wildman–Crippen LogP) is 3.93. The van der Waals surface area contributed by atoms with Crippen LogP contribution >= 0.6 is 0 Å². The second-order valence-electron chi connectivity index (χ2n) is 6.49. The molecule has 5 nitrogen and oxygen atoms in total. The third-order valence-electron chi connectivity index (χ3n) is 3.08. The second kappa shape index (κ2) is 9.81. The SMILES string of the molecule is CCOC(=O)C/C=C(\F)C(Cc1ccccc1)NC(=O)OC(C)(C)C. The zero-order valence-corrected chi connectivity index (χ0v) is 15.2. The van der Waals surface area contributed by atoms with Crippen LogP contribution in [-0.2, 0) is 20.7 Å². The van der Waals surface area contributed by atoms with Gasteiger partial charge in [0.15, 0.2) is 0 Å². The van der Waals surface area contributed by atoms with Gasteiger partial charge in [0.05, 0.1) is 19.1 Å². The number of rotatable bonds is 7. The van der Waals surface area contributed by atoms with E-state index in [1.165, 1.54) is 0 Å². The van der Waals surface area contributed by atoms with Crippen molar-refractivity contribution in [1.29, 1.82) is 0 Å². The highest BCUT2D eigenvalue weighted by Gasteiger charge is 2.22. The molecule has 0 aliphatic heterocycles. The third-order valence-corrected chi connectivity index (χ3v) is 3.08. The van der Waals surface area contributed by atoms with Gasteiger partial charge in [0.2, 0.25) is 0 Å². The molecule has 0 heterocycles. The molecular formula is C19H26FNO4. The third kappa shape index (κ3) is 8.88. The Balaban J connectivity index is 2.84. The zero-order chi connectivity index (χ0) is 18.9. The van der Waals surface area contributed by atoms with Crippen molar-refractivity contribution in [1.82, 2.24) is 5.32 Å². The van der Waals surface area contributed by atoms with E-state index in [1.54, 1.807) is 27.7 Å². The Labute approximate surface area is 148 Å². The Bertz CT molecular complexity index is 593. The van der Waals surface area contributed by atoms with Gasteiger partial charge in [-0.1, -0.05) is 30.3 Å². The summed E-state index contributed by atoms with van der Waals surface area (Å²) in [6.07, 6.45) is 0.461. The molecule has 1 rings (SSSR count). The molecule has 0 saturated carbocycles. The first-order valence-corrected chi connectivity index (χ1v) is 8.26. The average molecular weight is 351 g/mol. The van der Waals surface area contributed by atoms with Gasteiger partial charge in [-0.2, -0.15) is 0 Å². The molecule has 0 aliphatic carbocycles. The normalized spacial score (nSPS) is 13.1. The van der Waals surface area contributed by atoms with E-state index in [2.05, 4.69) is 5.32 Å². The second-order valence-corrected chi connectivity index (χ2v) is 6.49. The smallest absolute Gasteiger partial charge is 0.408 e. The summed E-state index contributed by atoms with van der Waals surface area (Å²) in [4.78, 5) is 23.4. The maximum Gasteiger partial charge on any atom is 0.408 e. The molecular weight excluding hydrogens is 325 g/mol. The van der Waals surface area contributed by atoms with Crippen molar-refractivity contribution in [3.05, 3.63) is 47.8 Å². The van der Waals surface area contributed by atoms with Gasteiger partial charge >= 0.3 is 12.1 Å². The van der Waals surface area contributed by atoms with E-state index in [0.717, 1.165) is 11.6 Å². The van der Waals surface area contributed by atoms with Crippen LogP contribution in [0.15, 0.2) is 42.2 Å². The number of carbonyl (C=O) groups is 2. The molecule has 0 aromatic heterocycles. The summed E-state index contributed by atoms with van der Waals surface area (Å²) < 4.78 is 24.5.